The molecule has 0 aliphatic carbocycles. The van der Waals surface area contributed by atoms with Crippen LogP contribution in [0.1, 0.15) is 45.6 Å². The molecule has 0 aromatic heterocycles. The summed E-state index contributed by atoms with van der Waals surface area (Å²) in [6.07, 6.45) is 4.07. The maximum atomic E-state index is 6.02. The van der Waals surface area contributed by atoms with Gasteiger partial charge in [0.25, 0.3) is 0 Å². The predicted molar refractivity (Wildman–Crippen MR) is 88.8 cm³/mol. The summed E-state index contributed by atoms with van der Waals surface area (Å²) in [4.78, 5) is 2.51. The van der Waals surface area contributed by atoms with Crippen molar-refractivity contribution in [2.45, 2.75) is 52.1 Å². The van der Waals surface area contributed by atoms with E-state index in [-0.39, 0.29) is 5.54 Å². The summed E-state index contributed by atoms with van der Waals surface area (Å²) < 4.78 is 6.02. The zero-order chi connectivity index (χ0) is 15.1. The number of hydrogen-bond acceptors (Lipinski definition) is 3. The van der Waals surface area contributed by atoms with Gasteiger partial charge in [0.05, 0.1) is 0 Å². The lowest BCUT2D eigenvalue weighted by atomic mass is 10.1. The molecule has 1 fully saturated rings. The van der Waals surface area contributed by atoms with Crippen molar-refractivity contribution in [3.63, 3.8) is 0 Å². The average molecular weight is 290 g/mol. The molecule has 1 aliphatic heterocycles. The van der Waals surface area contributed by atoms with E-state index in [4.69, 9.17) is 4.74 Å². The number of para-hydroxylation sites is 1. The van der Waals surface area contributed by atoms with Crippen LogP contribution in [0.5, 0.6) is 5.75 Å². The number of likely N-dealkylation sites (tertiary alicyclic amines) is 1. The van der Waals surface area contributed by atoms with Crippen molar-refractivity contribution in [3.05, 3.63) is 29.8 Å². The van der Waals surface area contributed by atoms with E-state index in [9.17, 15) is 0 Å². The fourth-order valence-corrected chi connectivity index (χ4v) is 2.62. The van der Waals surface area contributed by atoms with E-state index in [0.717, 1.165) is 25.4 Å². The van der Waals surface area contributed by atoms with Gasteiger partial charge >= 0.3 is 0 Å². The Morgan fingerprint density at radius 3 is 2.52 bits per heavy atom. The molecule has 0 radical (unpaired) electrons. The maximum Gasteiger partial charge on any atom is 0.123 e. The first-order valence-corrected chi connectivity index (χ1v) is 8.23. The minimum atomic E-state index is 0.126. The van der Waals surface area contributed by atoms with Gasteiger partial charge < -0.3 is 10.1 Å². The normalized spacial score (nSPS) is 16.9. The molecule has 0 atom stereocenters. The first kappa shape index (κ1) is 16.3. The van der Waals surface area contributed by atoms with Crippen LogP contribution < -0.4 is 10.1 Å². The summed E-state index contributed by atoms with van der Waals surface area (Å²) >= 11 is 0. The lowest BCUT2D eigenvalue weighted by Crippen LogP contribution is -2.35. The van der Waals surface area contributed by atoms with E-state index in [1.54, 1.807) is 0 Å². The fourth-order valence-electron chi connectivity index (χ4n) is 2.62. The molecule has 1 aromatic rings. The highest BCUT2D eigenvalue weighted by Gasteiger charge is 2.12. The molecule has 118 valence electrons. The van der Waals surface area contributed by atoms with Gasteiger partial charge in [-0.1, -0.05) is 24.6 Å². The minimum absolute atomic E-state index is 0.126. The summed E-state index contributed by atoms with van der Waals surface area (Å²) in [5, 5.41) is 3.53. The van der Waals surface area contributed by atoms with E-state index in [2.05, 4.69) is 55.3 Å². The van der Waals surface area contributed by atoms with Crippen LogP contribution in [0.15, 0.2) is 24.3 Å². The van der Waals surface area contributed by atoms with Crippen LogP contribution in [0.3, 0.4) is 0 Å². The van der Waals surface area contributed by atoms with Crippen LogP contribution in [0.25, 0.3) is 0 Å². The Labute approximate surface area is 129 Å². The molecule has 2 rings (SSSR count). The topological polar surface area (TPSA) is 24.5 Å². The predicted octanol–water partition coefficient (Wildman–Crippen LogP) is 3.44. The van der Waals surface area contributed by atoms with E-state index >= 15 is 0 Å². The summed E-state index contributed by atoms with van der Waals surface area (Å²) in [7, 11) is 0. The van der Waals surface area contributed by atoms with Crippen molar-refractivity contribution in [2.24, 2.45) is 0 Å². The SMILES string of the molecule is CC(C)(C)NCc1ccccc1OCCN1CCCCC1. The van der Waals surface area contributed by atoms with Gasteiger partial charge in [-0.2, -0.15) is 0 Å². The number of nitrogens with zero attached hydrogens (tertiary/aromatic N) is 1. The van der Waals surface area contributed by atoms with Gasteiger partial charge in [0.15, 0.2) is 0 Å². The molecule has 0 spiro atoms. The zero-order valence-electron chi connectivity index (χ0n) is 13.8. The summed E-state index contributed by atoms with van der Waals surface area (Å²) in [5.74, 6) is 1.02. The maximum absolute atomic E-state index is 6.02. The highest BCUT2D eigenvalue weighted by atomic mass is 16.5. The molecule has 1 aromatic carbocycles. The van der Waals surface area contributed by atoms with E-state index in [1.807, 2.05) is 0 Å². The lowest BCUT2D eigenvalue weighted by Gasteiger charge is -2.26. The Kier molecular flexibility index (Phi) is 6.07. The molecule has 1 saturated heterocycles. The molecule has 0 saturated carbocycles. The molecule has 1 heterocycles. The molecule has 1 N–H and O–H groups in total. The van der Waals surface area contributed by atoms with Gasteiger partial charge in [0, 0.05) is 24.2 Å². The number of piperidine rings is 1. The second-order valence-corrected chi connectivity index (χ2v) is 6.96. The first-order valence-electron chi connectivity index (χ1n) is 8.23. The van der Waals surface area contributed by atoms with Gasteiger partial charge in [0.1, 0.15) is 12.4 Å². The highest BCUT2D eigenvalue weighted by Crippen LogP contribution is 2.19. The zero-order valence-corrected chi connectivity index (χ0v) is 13.8. The Hall–Kier alpha value is -1.06. The Morgan fingerprint density at radius 2 is 1.81 bits per heavy atom. The molecular weight excluding hydrogens is 260 g/mol. The van der Waals surface area contributed by atoms with Crippen molar-refractivity contribution in [2.75, 3.05) is 26.2 Å². The lowest BCUT2D eigenvalue weighted by molar-refractivity contribution is 0.182. The van der Waals surface area contributed by atoms with Crippen LogP contribution in [0.2, 0.25) is 0 Å². The number of ether oxygens (including phenoxy) is 1. The molecule has 0 amide bonds. The van der Waals surface area contributed by atoms with Crippen molar-refractivity contribution in [1.29, 1.82) is 0 Å². The number of benzene rings is 1. The third kappa shape index (κ3) is 6.06. The van der Waals surface area contributed by atoms with Crippen molar-refractivity contribution in [3.8, 4) is 5.75 Å². The van der Waals surface area contributed by atoms with Crippen LogP contribution in [-0.4, -0.2) is 36.7 Å². The second-order valence-electron chi connectivity index (χ2n) is 6.96. The van der Waals surface area contributed by atoms with Gasteiger partial charge in [0.2, 0.25) is 0 Å². The Bertz CT molecular complexity index is 419. The van der Waals surface area contributed by atoms with E-state index < -0.39 is 0 Å². The van der Waals surface area contributed by atoms with Crippen LogP contribution >= 0.6 is 0 Å². The molecule has 21 heavy (non-hydrogen) atoms. The minimum Gasteiger partial charge on any atom is -0.492 e. The van der Waals surface area contributed by atoms with E-state index in [1.165, 1.54) is 37.9 Å². The Balaban J connectivity index is 1.81. The van der Waals surface area contributed by atoms with Crippen LogP contribution in [0.4, 0.5) is 0 Å². The monoisotopic (exact) mass is 290 g/mol. The van der Waals surface area contributed by atoms with Crippen LogP contribution in [-0.2, 0) is 6.54 Å². The summed E-state index contributed by atoms with van der Waals surface area (Å²) in [6, 6.07) is 8.36. The highest BCUT2D eigenvalue weighted by molar-refractivity contribution is 5.33. The quantitative estimate of drug-likeness (QED) is 0.868. The molecule has 0 bridgehead atoms. The van der Waals surface area contributed by atoms with Gasteiger partial charge in [-0.15, -0.1) is 0 Å². The fraction of sp³-hybridized carbons (Fsp3) is 0.667. The second kappa shape index (κ2) is 7.81. The number of rotatable bonds is 6. The molecular formula is C18H30N2O. The Morgan fingerprint density at radius 1 is 1.10 bits per heavy atom. The standard InChI is InChI=1S/C18H30N2O/c1-18(2,3)19-15-16-9-5-6-10-17(16)21-14-13-20-11-7-4-8-12-20/h5-6,9-10,19H,4,7-8,11-15H2,1-3H3. The summed E-state index contributed by atoms with van der Waals surface area (Å²) in [5.41, 5.74) is 1.37. The molecule has 1 aliphatic rings. The largest absolute Gasteiger partial charge is 0.492 e. The number of hydrogen-bond donors (Lipinski definition) is 1. The average Bonchev–Trinajstić information content (AvgIpc) is 2.46. The van der Waals surface area contributed by atoms with E-state index in [0.29, 0.717) is 0 Å². The van der Waals surface area contributed by atoms with Crippen molar-refractivity contribution in [1.82, 2.24) is 10.2 Å². The van der Waals surface area contributed by atoms with Gasteiger partial charge in [-0.25, -0.2) is 0 Å². The molecule has 3 heteroatoms. The van der Waals surface area contributed by atoms with Gasteiger partial charge in [-0.3, -0.25) is 4.90 Å². The van der Waals surface area contributed by atoms with Gasteiger partial charge in [-0.05, 0) is 52.8 Å². The van der Waals surface area contributed by atoms with Crippen molar-refractivity contribution < 1.29 is 4.74 Å². The molecule has 3 nitrogen and oxygen atoms in total. The first-order chi connectivity index (χ1) is 10.0. The number of nitrogens with one attached hydrogen (secondary N) is 1. The third-order valence-corrected chi connectivity index (χ3v) is 3.90. The smallest absolute Gasteiger partial charge is 0.123 e. The van der Waals surface area contributed by atoms with Crippen molar-refractivity contribution >= 4 is 0 Å². The van der Waals surface area contributed by atoms with Crippen LogP contribution in [0, 0.1) is 0 Å². The third-order valence-electron chi connectivity index (χ3n) is 3.90. The molecule has 0 unspecified atom stereocenters. The summed E-state index contributed by atoms with van der Waals surface area (Å²) in [6.45, 7) is 11.7.